The number of hydrogen-bond acceptors (Lipinski definition) is 3. The largest absolute Gasteiger partial charge is 0.615 e. The lowest BCUT2D eigenvalue weighted by Crippen LogP contribution is -1.73. The maximum absolute atomic E-state index is 9.59. The molecule has 0 radical (unpaired) electrons. The fraction of sp³-hybridized carbons (Fsp3) is 0. The SMILES string of the molecule is N[P+](=O)OPO. The number of nitrogens with two attached hydrogens (primary N) is 1. The van der Waals surface area contributed by atoms with E-state index in [9.17, 15) is 4.57 Å². The van der Waals surface area contributed by atoms with E-state index in [0.717, 1.165) is 0 Å². The Morgan fingerprint density at radius 3 is 2.50 bits per heavy atom. The Balaban J connectivity index is 2.83. The van der Waals surface area contributed by atoms with Gasteiger partial charge in [-0.15, -0.1) is 0 Å². The van der Waals surface area contributed by atoms with Crippen molar-refractivity contribution in [1.29, 1.82) is 0 Å². The Kier molecular flexibility index (Phi) is 3.84. The van der Waals surface area contributed by atoms with Gasteiger partial charge in [0.25, 0.3) is 0 Å². The molecule has 6 heavy (non-hydrogen) atoms. The second-order valence-corrected chi connectivity index (χ2v) is 1.95. The fourth-order valence-corrected chi connectivity index (χ4v) is 0.362. The molecule has 0 aromatic heterocycles. The molecule has 0 saturated carbocycles. The van der Waals surface area contributed by atoms with Gasteiger partial charge in [-0.1, -0.05) is 9.81 Å². The third kappa shape index (κ3) is 4.41. The van der Waals surface area contributed by atoms with Crippen molar-refractivity contribution in [3.8, 4) is 0 Å². The van der Waals surface area contributed by atoms with E-state index in [1.807, 2.05) is 0 Å². The van der Waals surface area contributed by atoms with Crippen LogP contribution in [0.1, 0.15) is 0 Å². The van der Waals surface area contributed by atoms with Gasteiger partial charge in [-0.3, -0.25) is 0 Å². The van der Waals surface area contributed by atoms with Crippen LogP contribution in [0.4, 0.5) is 0 Å². The van der Waals surface area contributed by atoms with E-state index < -0.39 is 17.2 Å². The third-order valence-electron chi connectivity index (χ3n) is 0.131. The number of hydrogen-bond donors (Lipinski definition) is 2. The minimum atomic E-state index is -2.09. The van der Waals surface area contributed by atoms with Gasteiger partial charge in [0.05, 0.1) is 0 Å². The quantitative estimate of drug-likeness (QED) is 0.518. The van der Waals surface area contributed by atoms with Crippen molar-refractivity contribution in [2.24, 2.45) is 5.50 Å². The van der Waals surface area contributed by atoms with Crippen molar-refractivity contribution in [2.75, 3.05) is 0 Å². The molecule has 4 nitrogen and oxygen atoms in total. The second kappa shape index (κ2) is 3.59. The average Bonchev–Trinajstić information content (AvgIpc) is 1.35. The van der Waals surface area contributed by atoms with Crippen LogP contribution in [0, 0.1) is 0 Å². The van der Waals surface area contributed by atoms with Gasteiger partial charge in [0.15, 0.2) is 0 Å². The first-order chi connectivity index (χ1) is 2.77. The zero-order valence-corrected chi connectivity index (χ0v) is 4.68. The van der Waals surface area contributed by atoms with Gasteiger partial charge in [-0.2, -0.15) is 0 Å². The highest BCUT2D eigenvalue weighted by Crippen LogP contribution is 2.21. The van der Waals surface area contributed by atoms with E-state index in [1.54, 1.807) is 0 Å². The summed E-state index contributed by atoms with van der Waals surface area (Å²) in [7, 11) is -2.86. The van der Waals surface area contributed by atoms with Crippen molar-refractivity contribution in [1.82, 2.24) is 0 Å². The summed E-state index contributed by atoms with van der Waals surface area (Å²) >= 11 is 0. The van der Waals surface area contributed by atoms with Crippen LogP contribution < -0.4 is 5.50 Å². The molecular formula is H4NO3P2+. The molecule has 0 aliphatic heterocycles. The lowest BCUT2D eigenvalue weighted by atomic mass is 13.9. The third-order valence-corrected chi connectivity index (χ3v) is 1.18. The Hall–Kier alpha value is 0.410. The molecule has 0 aromatic carbocycles. The lowest BCUT2D eigenvalue weighted by Gasteiger charge is -1.68. The molecule has 2 atom stereocenters. The van der Waals surface area contributed by atoms with Crippen LogP contribution in [0.3, 0.4) is 0 Å². The highest BCUT2D eigenvalue weighted by atomic mass is 31.2. The van der Waals surface area contributed by atoms with Gasteiger partial charge in [-0.25, -0.2) is 0 Å². The van der Waals surface area contributed by atoms with E-state index in [-0.39, 0.29) is 0 Å². The van der Waals surface area contributed by atoms with E-state index in [2.05, 4.69) is 9.81 Å². The van der Waals surface area contributed by atoms with Crippen molar-refractivity contribution in [3.63, 3.8) is 0 Å². The molecule has 0 saturated heterocycles. The van der Waals surface area contributed by atoms with Crippen molar-refractivity contribution in [2.45, 2.75) is 0 Å². The second-order valence-electron chi connectivity index (χ2n) is 0.468. The average molecular weight is 128 g/mol. The molecule has 0 aromatic rings. The molecule has 3 N–H and O–H groups in total. The number of rotatable bonds is 2. The Bertz CT molecular complexity index is 52.8. The maximum atomic E-state index is 9.59. The van der Waals surface area contributed by atoms with Crippen LogP contribution in [0.25, 0.3) is 0 Å². The van der Waals surface area contributed by atoms with Gasteiger partial charge < -0.3 is 4.89 Å². The summed E-state index contributed by atoms with van der Waals surface area (Å²) in [6.07, 6.45) is 0. The maximum Gasteiger partial charge on any atom is 0.615 e. The Morgan fingerprint density at radius 2 is 2.50 bits per heavy atom. The molecule has 0 heterocycles. The van der Waals surface area contributed by atoms with E-state index in [4.69, 9.17) is 4.89 Å². The topological polar surface area (TPSA) is 72.6 Å². The zero-order chi connectivity index (χ0) is 4.99. The monoisotopic (exact) mass is 128 g/mol. The predicted molar refractivity (Wildman–Crippen MR) is 23.4 cm³/mol. The smallest absolute Gasteiger partial charge is 0.349 e. The minimum Gasteiger partial charge on any atom is -0.349 e. The summed E-state index contributed by atoms with van der Waals surface area (Å²) in [5.41, 5.74) is 4.54. The molecule has 0 fully saturated rings. The molecule has 2 unspecified atom stereocenters. The molecule has 0 aliphatic carbocycles. The first kappa shape index (κ1) is 6.41. The van der Waals surface area contributed by atoms with Crippen molar-refractivity contribution < 1.29 is 13.8 Å². The minimum absolute atomic E-state index is 0.771. The summed E-state index contributed by atoms with van der Waals surface area (Å²) in [6.45, 7) is 0. The zero-order valence-electron chi connectivity index (χ0n) is 2.79. The molecule has 36 valence electrons. The molecule has 0 spiro atoms. The van der Waals surface area contributed by atoms with E-state index in [0.29, 0.717) is 0 Å². The van der Waals surface area contributed by atoms with Gasteiger partial charge in [0.1, 0.15) is 0 Å². The molecule has 0 bridgehead atoms. The summed E-state index contributed by atoms with van der Waals surface area (Å²) in [4.78, 5) is 7.78. The summed E-state index contributed by atoms with van der Waals surface area (Å²) in [6, 6.07) is 0. The Labute approximate surface area is 37.6 Å². The highest BCUT2D eigenvalue weighted by Gasteiger charge is 2.04. The van der Waals surface area contributed by atoms with Crippen LogP contribution in [-0.4, -0.2) is 4.89 Å². The molecule has 0 aliphatic rings. The molecule has 0 amide bonds. The summed E-state index contributed by atoms with van der Waals surface area (Å²) < 4.78 is 13.5. The molecule has 6 heteroatoms. The molecule has 0 rings (SSSR count). The summed E-state index contributed by atoms with van der Waals surface area (Å²) in [5.74, 6) is 0. The van der Waals surface area contributed by atoms with Crippen LogP contribution in [0.2, 0.25) is 0 Å². The van der Waals surface area contributed by atoms with Gasteiger partial charge >= 0.3 is 8.18 Å². The fourth-order valence-electron chi connectivity index (χ4n) is 0.0402. The van der Waals surface area contributed by atoms with Crippen molar-refractivity contribution in [3.05, 3.63) is 0 Å². The summed E-state index contributed by atoms with van der Waals surface area (Å²) in [5, 5.41) is 0. The first-order valence-electron chi connectivity index (χ1n) is 1.05. The predicted octanol–water partition coefficient (Wildman–Crippen LogP) is 0.120. The van der Waals surface area contributed by atoms with Crippen LogP contribution >= 0.6 is 17.2 Å². The lowest BCUT2D eigenvalue weighted by molar-refractivity contribution is 0.493. The van der Waals surface area contributed by atoms with Crippen LogP contribution in [0.15, 0.2) is 0 Å². The Morgan fingerprint density at radius 1 is 2.00 bits per heavy atom. The molecular weight excluding hydrogens is 124 g/mol. The van der Waals surface area contributed by atoms with Crippen LogP contribution in [0.5, 0.6) is 0 Å². The van der Waals surface area contributed by atoms with E-state index >= 15 is 0 Å². The van der Waals surface area contributed by atoms with Gasteiger partial charge in [0.2, 0.25) is 9.03 Å². The highest BCUT2D eigenvalue weighted by molar-refractivity contribution is 7.45. The standard InChI is InChI=1S/H4NO3P2/c1-6(3)4-5-2/h2,5H,(H2,1,3)/q+1. The van der Waals surface area contributed by atoms with Gasteiger partial charge in [0, 0.05) is 0 Å². The van der Waals surface area contributed by atoms with Crippen LogP contribution in [-0.2, 0) is 8.88 Å². The first-order valence-corrected chi connectivity index (χ1v) is 3.15. The van der Waals surface area contributed by atoms with Crippen molar-refractivity contribution >= 4 is 17.2 Å². The van der Waals surface area contributed by atoms with Gasteiger partial charge in [-0.05, 0) is 4.57 Å². The van der Waals surface area contributed by atoms with E-state index in [1.165, 1.54) is 0 Å². The normalized spacial score (nSPS) is 13.3.